The number of furan rings is 1. The van der Waals surface area contributed by atoms with Crippen LogP contribution in [0.15, 0.2) is 47.1 Å². The van der Waals surface area contributed by atoms with Crippen LogP contribution in [0.1, 0.15) is 33.8 Å². The van der Waals surface area contributed by atoms with E-state index in [1.807, 2.05) is 4.90 Å². The van der Waals surface area contributed by atoms with Crippen LogP contribution in [0.25, 0.3) is 0 Å². The lowest BCUT2D eigenvalue weighted by atomic mass is 10.1. The summed E-state index contributed by atoms with van der Waals surface area (Å²) < 4.78 is 5.16. The monoisotopic (exact) mass is 396 g/mol. The molecule has 2 aromatic rings. The molecule has 3 amide bonds. The van der Waals surface area contributed by atoms with Crippen LogP contribution < -0.4 is 10.6 Å². The van der Waals surface area contributed by atoms with Gasteiger partial charge >= 0.3 is 0 Å². The van der Waals surface area contributed by atoms with Crippen LogP contribution in [0.5, 0.6) is 0 Å². The Bertz CT molecular complexity index is 884. The highest BCUT2D eigenvalue weighted by Gasteiger charge is 2.26. The van der Waals surface area contributed by atoms with Crippen LogP contribution in [0, 0.1) is 0 Å². The Morgan fingerprint density at radius 2 is 1.76 bits per heavy atom. The number of nitrogens with zero attached hydrogens (tertiary/aromatic N) is 2. The van der Waals surface area contributed by atoms with Gasteiger partial charge in [0.05, 0.1) is 24.1 Å². The maximum Gasteiger partial charge on any atom is 0.289 e. The summed E-state index contributed by atoms with van der Waals surface area (Å²) in [7, 11) is 0. The van der Waals surface area contributed by atoms with E-state index in [1.165, 1.54) is 6.26 Å². The van der Waals surface area contributed by atoms with Gasteiger partial charge in [0.15, 0.2) is 5.76 Å². The van der Waals surface area contributed by atoms with E-state index in [1.54, 1.807) is 41.3 Å². The van der Waals surface area contributed by atoms with Crippen LogP contribution in [0.4, 0.5) is 5.69 Å². The van der Waals surface area contributed by atoms with Gasteiger partial charge in [-0.1, -0.05) is 12.1 Å². The second kappa shape index (κ2) is 8.48. The van der Waals surface area contributed by atoms with Gasteiger partial charge < -0.3 is 20.0 Å². The number of para-hydroxylation sites is 1. The number of carbonyl (C=O) groups excluding carboxylic acids is 3. The molecule has 1 aromatic heterocycles. The summed E-state index contributed by atoms with van der Waals surface area (Å²) in [6.45, 7) is 2.48. The minimum Gasteiger partial charge on any atom is -0.459 e. The van der Waals surface area contributed by atoms with Crippen LogP contribution >= 0.6 is 0 Å². The van der Waals surface area contributed by atoms with Crippen LogP contribution in [0.3, 0.4) is 0 Å². The molecule has 2 N–H and O–H groups in total. The van der Waals surface area contributed by atoms with E-state index in [0.717, 1.165) is 12.8 Å². The molecule has 1 saturated heterocycles. The molecule has 2 aliphatic rings. The van der Waals surface area contributed by atoms with Gasteiger partial charge in [0.2, 0.25) is 5.91 Å². The van der Waals surface area contributed by atoms with Crippen molar-refractivity contribution >= 4 is 23.4 Å². The molecule has 1 saturated carbocycles. The van der Waals surface area contributed by atoms with Crippen molar-refractivity contribution in [3.8, 4) is 0 Å². The molecule has 0 spiro atoms. The lowest BCUT2D eigenvalue weighted by Gasteiger charge is -2.33. The van der Waals surface area contributed by atoms with E-state index >= 15 is 0 Å². The third-order valence-corrected chi connectivity index (χ3v) is 5.12. The van der Waals surface area contributed by atoms with Crippen LogP contribution in [-0.2, 0) is 4.79 Å². The Balaban J connectivity index is 1.28. The number of rotatable bonds is 6. The van der Waals surface area contributed by atoms with Crippen molar-refractivity contribution < 1.29 is 18.8 Å². The van der Waals surface area contributed by atoms with E-state index in [4.69, 9.17) is 4.42 Å². The van der Waals surface area contributed by atoms with Gasteiger partial charge in [0.1, 0.15) is 0 Å². The molecule has 4 rings (SSSR count). The SMILES string of the molecule is O=C(CN1CCN(C(=O)c2ccco2)CC1)Nc1ccccc1C(=O)NC1CC1. The Hall–Kier alpha value is -3.13. The molecule has 1 aliphatic carbocycles. The second-order valence-electron chi connectivity index (χ2n) is 7.39. The summed E-state index contributed by atoms with van der Waals surface area (Å²) in [6, 6.07) is 10.6. The number of nitrogens with one attached hydrogen (secondary N) is 2. The van der Waals surface area contributed by atoms with Crippen molar-refractivity contribution in [2.45, 2.75) is 18.9 Å². The number of piperazine rings is 1. The van der Waals surface area contributed by atoms with Gasteiger partial charge in [0, 0.05) is 32.2 Å². The fraction of sp³-hybridized carbons (Fsp3) is 0.381. The summed E-state index contributed by atoms with van der Waals surface area (Å²) in [5.41, 5.74) is 0.990. The maximum atomic E-state index is 12.5. The summed E-state index contributed by atoms with van der Waals surface area (Å²) in [5.74, 6) is -0.136. The maximum absolute atomic E-state index is 12.5. The standard InChI is InChI=1S/C21H24N4O4/c26-19(23-17-5-2-1-4-16(17)20(27)22-15-7-8-15)14-24-9-11-25(12-10-24)21(28)18-6-3-13-29-18/h1-6,13,15H,7-12,14H2,(H,22,27)(H,23,26). The highest BCUT2D eigenvalue weighted by Crippen LogP contribution is 2.21. The van der Waals surface area contributed by atoms with Crippen molar-refractivity contribution in [2.75, 3.05) is 38.0 Å². The first-order chi connectivity index (χ1) is 14.1. The predicted octanol–water partition coefficient (Wildman–Crippen LogP) is 1.57. The number of amides is 3. The van der Waals surface area contributed by atoms with E-state index in [2.05, 4.69) is 10.6 Å². The third-order valence-electron chi connectivity index (χ3n) is 5.12. The van der Waals surface area contributed by atoms with Gasteiger partial charge in [-0.3, -0.25) is 19.3 Å². The molecule has 29 heavy (non-hydrogen) atoms. The van der Waals surface area contributed by atoms with Gasteiger partial charge in [-0.2, -0.15) is 0 Å². The number of hydrogen-bond donors (Lipinski definition) is 2. The molecule has 1 aromatic carbocycles. The molecule has 0 unspecified atom stereocenters. The molecule has 152 valence electrons. The molecule has 0 atom stereocenters. The molecule has 8 heteroatoms. The predicted molar refractivity (Wildman–Crippen MR) is 107 cm³/mol. The van der Waals surface area contributed by atoms with Crippen molar-refractivity contribution in [2.24, 2.45) is 0 Å². The van der Waals surface area contributed by atoms with Crippen molar-refractivity contribution in [1.29, 1.82) is 0 Å². The summed E-state index contributed by atoms with van der Waals surface area (Å²) in [6.07, 6.45) is 3.50. The Morgan fingerprint density at radius 3 is 2.45 bits per heavy atom. The second-order valence-corrected chi connectivity index (χ2v) is 7.39. The lowest BCUT2D eigenvalue weighted by molar-refractivity contribution is -0.117. The minimum absolute atomic E-state index is 0.130. The molecule has 1 aliphatic heterocycles. The Kier molecular flexibility index (Phi) is 5.62. The molecular weight excluding hydrogens is 372 g/mol. The zero-order chi connectivity index (χ0) is 20.2. The van der Waals surface area contributed by atoms with E-state index < -0.39 is 0 Å². The molecule has 8 nitrogen and oxygen atoms in total. The first-order valence-electron chi connectivity index (χ1n) is 9.85. The largest absolute Gasteiger partial charge is 0.459 e. The lowest BCUT2D eigenvalue weighted by Crippen LogP contribution is -2.50. The van der Waals surface area contributed by atoms with Gasteiger partial charge in [-0.05, 0) is 37.1 Å². The molecule has 2 fully saturated rings. The number of benzene rings is 1. The quantitative estimate of drug-likeness (QED) is 0.773. The van der Waals surface area contributed by atoms with Crippen LogP contribution in [0.2, 0.25) is 0 Å². The smallest absolute Gasteiger partial charge is 0.289 e. The van der Waals surface area contributed by atoms with Gasteiger partial charge in [-0.15, -0.1) is 0 Å². The van der Waals surface area contributed by atoms with E-state index in [-0.39, 0.29) is 30.3 Å². The highest BCUT2D eigenvalue weighted by atomic mass is 16.3. The van der Waals surface area contributed by atoms with E-state index in [9.17, 15) is 14.4 Å². The molecular formula is C21H24N4O4. The first kappa shape index (κ1) is 19.2. The summed E-state index contributed by atoms with van der Waals surface area (Å²) in [5, 5.41) is 5.80. The average molecular weight is 396 g/mol. The molecule has 2 heterocycles. The molecule has 0 bridgehead atoms. The number of carbonyl (C=O) groups is 3. The topological polar surface area (TPSA) is 94.9 Å². The van der Waals surface area contributed by atoms with E-state index in [0.29, 0.717) is 43.2 Å². The minimum atomic E-state index is -0.178. The molecule has 0 radical (unpaired) electrons. The normalized spacial score (nSPS) is 17.0. The fourth-order valence-corrected chi connectivity index (χ4v) is 3.34. The van der Waals surface area contributed by atoms with Crippen molar-refractivity contribution in [1.82, 2.24) is 15.1 Å². The average Bonchev–Trinajstić information content (AvgIpc) is 3.37. The Morgan fingerprint density at radius 1 is 1.00 bits per heavy atom. The Labute approximate surface area is 168 Å². The zero-order valence-corrected chi connectivity index (χ0v) is 16.1. The van der Waals surface area contributed by atoms with Gasteiger partial charge in [0.25, 0.3) is 11.8 Å². The summed E-state index contributed by atoms with van der Waals surface area (Å²) >= 11 is 0. The van der Waals surface area contributed by atoms with Crippen molar-refractivity contribution in [3.05, 3.63) is 54.0 Å². The fourth-order valence-electron chi connectivity index (χ4n) is 3.34. The first-order valence-corrected chi connectivity index (χ1v) is 9.85. The van der Waals surface area contributed by atoms with Crippen molar-refractivity contribution in [3.63, 3.8) is 0 Å². The number of hydrogen-bond acceptors (Lipinski definition) is 5. The van der Waals surface area contributed by atoms with Gasteiger partial charge in [-0.25, -0.2) is 0 Å². The zero-order valence-electron chi connectivity index (χ0n) is 16.1. The summed E-state index contributed by atoms with van der Waals surface area (Å²) in [4.78, 5) is 40.9. The number of anilines is 1. The third kappa shape index (κ3) is 4.83. The highest BCUT2D eigenvalue weighted by molar-refractivity contribution is 6.04. The van der Waals surface area contributed by atoms with Crippen LogP contribution in [-0.4, -0.2) is 66.3 Å².